The normalized spacial score (nSPS) is 10.7. The minimum absolute atomic E-state index is 0.0143. The van der Waals surface area contributed by atoms with Crippen LogP contribution in [0.2, 0.25) is 0 Å². The number of Topliss-reactive ketones (excluding diaryl/α,β-unsaturated/α-hetero) is 1. The Morgan fingerprint density at radius 2 is 1.93 bits per heavy atom. The van der Waals surface area contributed by atoms with Gasteiger partial charge in [-0.15, -0.1) is 22.7 Å². The number of benzene rings is 1. The fourth-order valence-electron chi connectivity index (χ4n) is 2.46. The zero-order valence-electron chi connectivity index (χ0n) is 14.7. The number of carbonyl (C=O) groups is 2. The summed E-state index contributed by atoms with van der Waals surface area (Å²) in [5.74, 6) is 0.474. The SMILES string of the molecule is O=C(Cc1csc(SCC(=O)c2cccs2)n1)NCCCc1ccccc1. The average Bonchev–Trinajstić information content (AvgIpc) is 3.36. The van der Waals surface area contributed by atoms with Crippen LogP contribution in [-0.2, 0) is 17.6 Å². The van der Waals surface area contributed by atoms with Crippen molar-refractivity contribution < 1.29 is 9.59 Å². The van der Waals surface area contributed by atoms with Crippen molar-refractivity contribution in [3.8, 4) is 0 Å². The summed E-state index contributed by atoms with van der Waals surface area (Å²) in [4.78, 5) is 29.3. The van der Waals surface area contributed by atoms with Gasteiger partial charge in [-0.2, -0.15) is 0 Å². The lowest BCUT2D eigenvalue weighted by molar-refractivity contribution is -0.120. The van der Waals surface area contributed by atoms with Gasteiger partial charge in [0.1, 0.15) is 0 Å². The quantitative estimate of drug-likeness (QED) is 0.301. The number of nitrogens with zero attached hydrogens (tertiary/aromatic N) is 1. The maximum atomic E-state index is 12.0. The molecule has 0 atom stereocenters. The highest BCUT2D eigenvalue weighted by molar-refractivity contribution is 8.01. The summed E-state index contributed by atoms with van der Waals surface area (Å²) in [6.45, 7) is 0.661. The van der Waals surface area contributed by atoms with Crippen LogP contribution in [0.15, 0.2) is 57.6 Å². The number of aromatic nitrogens is 1. The summed E-state index contributed by atoms with van der Waals surface area (Å²) in [5, 5.41) is 6.74. The van der Waals surface area contributed by atoms with Gasteiger partial charge >= 0.3 is 0 Å². The Balaban J connectivity index is 1.35. The summed E-state index contributed by atoms with van der Waals surface area (Å²) >= 11 is 4.36. The molecule has 4 nitrogen and oxygen atoms in total. The zero-order valence-corrected chi connectivity index (χ0v) is 17.2. The highest BCUT2D eigenvalue weighted by Gasteiger charge is 2.11. The molecule has 0 unspecified atom stereocenters. The van der Waals surface area contributed by atoms with E-state index in [4.69, 9.17) is 0 Å². The molecule has 0 aliphatic heterocycles. The topological polar surface area (TPSA) is 59.1 Å². The summed E-state index contributed by atoms with van der Waals surface area (Å²) in [5.41, 5.74) is 2.04. The molecule has 7 heteroatoms. The number of amides is 1. The van der Waals surface area contributed by atoms with E-state index in [0.29, 0.717) is 12.3 Å². The van der Waals surface area contributed by atoms with Crippen molar-refractivity contribution in [2.24, 2.45) is 0 Å². The first kappa shape index (κ1) is 19.8. The van der Waals surface area contributed by atoms with Crippen molar-refractivity contribution >= 4 is 46.1 Å². The zero-order chi connectivity index (χ0) is 18.9. The number of thiazole rings is 1. The second kappa shape index (κ2) is 10.4. The first-order chi connectivity index (χ1) is 13.2. The van der Waals surface area contributed by atoms with Gasteiger partial charge in [-0.25, -0.2) is 4.98 Å². The molecular formula is C20H20N2O2S3. The predicted molar refractivity (Wildman–Crippen MR) is 113 cm³/mol. The van der Waals surface area contributed by atoms with Crippen molar-refractivity contribution in [3.05, 3.63) is 69.4 Å². The molecule has 0 fully saturated rings. The summed E-state index contributed by atoms with van der Waals surface area (Å²) in [7, 11) is 0. The van der Waals surface area contributed by atoms with E-state index in [1.807, 2.05) is 41.1 Å². The average molecular weight is 417 g/mol. The molecule has 2 aromatic heterocycles. The smallest absolute Gasteiger partial charge is 0.226 e. The van der Waals surface area contributed by atoms with Crippen LogP contribution in [0.5, 0.6) is 0 Å². The lowest BCUT2D eigenvalue weighted by atomic mass is 10.1. The van der Waals surface area contributed by atoms with Crippen LogP contribution in [0.1, 0.15) is 27.3 Å². The van der Waals surface area contributed by atoms with Gasteiger partial charge in [-0.05, 0) is 29.9 Å². The summed E-state index contributed by atoms with van der Waals surface area (Å²) < 4.78 is 0.826. The van der Waals surface area contributed by atoms with Gasteiger partial charge in [-0.3, -0.25) is 9.59 Å². The van der Waals surface area contributed by atoms with Crippen molar-refractivity contribution in [1.29, 1.82) is 0 Å². The number of hydrogen-bond acceptors (Lipinski definition) is 6. The van der Waals surface area contributed by atoms with Crippen LogP contribution in [0.3, 0.4) is 0 Å². The Labute approximate surface area is 171 Å². The molecule has 140 valence electrons. The molecule has 1 N–H and O–H groups in total. The van der Waals surface area contributed by atoms with Crippen molar-refractivity contribution in [1.82, 2.24) is 10.3 Å². The van der Waals surface area contributed by atoms with E-state index in [-0.39, 0.29) is 18.1 Å². The number of hydrogen-bond donors (Lipinski definition) is 1. The number of aryl methyl sites for hydroxylation is 1. The van der Waals surface area contributed by atoms with E-state index in [9.17, 15) is 9.59 Å². The molecule has 2 heterocycles. The fraction of sp³-hybridized carbons (Fsp3) is 0.250. The molecule has 0 aliphatic rings. The van der Waals surface area contributed by atoms with Gasteiger partial charge in [0.05, 0.1) is 22.7 Å². The number of nitrogens with one attached hydrogen (secondary N) is 1. The molecule has 0 bridgehead atoms. The number of thiophene rings is 1. The van der Waals surface area contributed by atoms with Gasteiger partial charge in [0.2, 0.25) is 5.91 Å². The van der Waals surface area contributed by atoms with E-state index in [0.717, 1.165) is 27.8 Å². The summed E-state index contributed by atoms with van der Waals surface area (Å²) in [6, 6.07) is 14.0. The second-order valence-electron chi connectivity index (χ2n) is 5.91. The van der Waals surface area contributed by atoms with Crippen molar-refractivity contribution in [3.63, 3.8) is 0 Å². The Bertz CT molecular complexity index is 861. The predicted octanol–water partition coefficient (Wildman–Crippen LogP) is 4.47. The van der Waals surface area contributed by atoms with E-state index in [1.165, 1.54) is 40.0 Å². The first-order valence-electron chi connectivity index (χ1n) is 8.65. The molecular weight excluding hydrogens is 396 g/mol. The summed E-state index contributed by atoms with van der Waals surface area (Å²) in [6.07, 6.45) is 2.15. The minimum Gasteiger partial charge on any atom is -0.356 e. The Morgan fingerprint density at radius 1 is 1.07 bits per heavy atom. The fourth-order valence-corrected chi connectivity index (χ4v) is 4.95. The lowest BCUT2D eigenvalue weighted by Crippen LogP contribution is -2.26. The standard InChI is InChI=1S/C20H20N2O2S3/c23-17(18-9-5-11-25-18)14-27-20-22-16(13-26-20)12-19(24)21-10-4-8-15-6-2-1-3-7-15/h1-3,5-7,9,11,13H,4,8,10,12,14H2,(H,21,24). The highest BCUT2D eigenvalue weighted by Crippen LogP contribution is 2.24. The van der Waals surface area contributed by atoms with Gasteiger partial charge in [0, 0.05) is 11.9 Å². The van der Waals surface area contributed by atoms with Crippen LogP contribution in [-0.4, -0.2) is 29.0 Å². The first-order valence-corrected chi connectivity index (χ1v) is 11.4. The largest absolute Gasteiger partial charge is 0.356 e. The van der Waals surface area contributed by atoms with E-state index in [2.05, 4.69) is 22.4 Å². The van der Waals surface area contributed by atoms with Crippen LogP contribution in [0.25, 0.3) is 0 Å². The van der Waals surface area contributed by atoms with Gasteiger partial charge in [0.15, 0.2) is 10.1 Å². The van der Waals surface area contributed by atoms with E-state index >= 15 is 0 Å². The van der Waals surface area contributed by atoms with E-state index < -0.39 is 0 Å². The third-order valence-corrected chi connectivity index (χ3v) is 6.78. The molecule has 0 radical (unpaired) electrons. The molecule has 0 aliphatic carbocycles. The molecule has 3 rings (SSSR count). The number of rotatable bonds is 10. The Kier molecular flexibility index (Phi) is 7.62. The molecule has 27 heavy (non-hydrogen) atoms. The van der Waals surface area contributed by atoms with Crippen LogP contribution >= 0.6 is 34.4 Å². The monoisotopic (exact) mass is 416 g/mol. The molecule has 3 aromatic rings. The number of thioether (sulfide) groups is 1. The number of ketones is 1. The van der Waals surface area contributed by atoms with Gasteiger partial charge in [-0.1, -0.05) is 48.2 Å². The lowest BCUT2D eigenvalue weighted by Gasteiger charge is -2.04. The van der Waals surface area contributed by atoms with Crippen molar-refractivity contribution in [2.75, 3.05) is 12.3 Å². The maximum absolute atomic E-state index is 12.0. The third kappa shape index (κ3) is 6.61. The molecule has 0 saturated heterocycles. The maximum Gasteiger partial charge on any atom is 0.226 e. The molecule has 0 spiro atoms. The van der Waals surface area contributed by atoms with Crippen LogP contribution in [0, 0.1) is 0 Å². The minimum atomic E-state index is -0.0143. The molecule has 1 amide bonds. The Hall–Kier alpha value is -1.96. The molecule has 0 saturated carbocycles. The second-order valence-corrected chi connectivity index (χ2v) is 8.94. The Morgan fingerprint density at radius 3 is 2.70 bits per heavy atom. The van der Waals surface area contributed by atoms with Crippen LogP contribution in [0.4, 0.5) is 0 Å². The highest BCUT2D eigenvalue weighted by atomic mass is 32.2. The van der Waals surface area contributed by atoms with Gasteiger partial charge < -0.3 is 5.32 Å². The van der Waals surface area contributed by atoms with Gasteiger partial charge in [0.25, 0.3) is 0 Å². The number of carbonyl (C=O) groups excluding carboxylic acids is 2. The third-order valence-electron chi connectivity index (χ3n) is 3.80. The van der Waals surface area contributed by atoms with Crippen molar-refractivity contribution in [2.45, 2.75) is 23.6 Å². The molecule has 1 aromatic carbocycles. The van der Waals surface area contributed by atoms with Crippen LogP contribution < -0.4 is 5.32 Å². The van der Waals surface area contributed by atoms with E-state index in [1.54, 1.807) is 0 Å².